The molecule has 1 aliphatic carbocycles. The van der Waals surface area contributed by atoms with E-state index in [0.29, 0.717) is 12.1 Å². The van der Waals surface area contributed by atoms with Crippen LogP contribution in [-0.2, 0) is 0 Å². The first-order valence-electron chi connectivity index (χ1n) is 7.31. The Hall–Kier alpha value is -1.12. The minimum atomic E-state index is 0.344. The quantitative estimate of drug-likeness (QED) is 0.789. The van der Waals surface area contributed by atoms with Crippen LogP contribution in [0.25, 0.3) is 0 Å². The Bertz CT molecular complexity index is 563. The summed E-state index contributed by atoms with van der Waals surface area (Å²) >= 11 is 3.66. The number of rotatable bonds is 5. The highest BCUT2D eigenvalue weighted by Crippen LogP contribution is 2.42. The number of hydrogen-bond acceptors (Lipinski definition) is 1. The number of nitrogens with one attached hydrogen (secondary N) is 1. The first-order valence-corrected chi connectivity index (χ1v) is 8.10. The molecule has 104 valence electrons. The van der Waals surface area contributed by atoms with Crippen molar-refractivity contribution in [3.05, 3.63) is 70.2 Å². The van der Waals surface area contributed by atoms with Gasteiger partial charge in [0.1, 0.15) is 0 Å². The fourth-order valence-electron chi connectivity index (χ4n) is 2.78. The van der Waals surface area contributed by atoms with Gasteiger partial charge in [0, 0.05) is 16.6 Å². The van der Waals surface area contributed by atoms with E-state index in [0.717, 1.165) is 5.92 Å². The van der Waals surface area contributed by atoms with Gasteiger partial charge in [-0.1, -0.05) is 64.5 Å². The Kier molecular flexibility index (Phi) is 4.23. The van der Waals surface area contributed by atoms with E-state index >= 15 is 0 Å². The van der Waals surface area contributed by atoms with Gasteiger partial charge in [-0.25, -0.2) is 0 Å². The van der Waals surface area contributed by atoms with Crippen LogP contribution in [0.1, 0.15) is 43.0 Å². The van der Waals surface area contributed by atoms with Gasteiger partial charge in [0.05, 0.1) is 0 Å². The van der Waals surface area contributed by atoms with Crippen molar-refractivity contribution in [3.63, 3.8) is 0 Å². The van der Waals surface area contributed by atoms with Crippen LogP contribution in [0.2, 0.25) is 0 Å². The van der Waals surface area contributed by atoms with Crippen LogP contribution in [0, 0.1) is 5.92 Å². The van der Waals surface area contributed by atoms with Gasteiger partial charge < -0.3 is 5.32 Å². The summed E-state index contributed by atoms with van der Waals surface area (Å²) in [5.74, 6) is 0.794. The number of hydrogen-bond donors (Lipinski definition) is 1. The molecule has 1 saturated carbocycles. The highest BCUT2D eigenvalue weighted by Gasteiger charge is 2.33. The highest BCUT2D eigenvalue weighted by atomic mass is 79.9. The molecule has 2 aromatic carbocycles. The largest absolute Gasteiger partial charge is 0.303 e. The zero-order valence-electron chi connectivity index (χ0n) is 11.7. The second-order valence-electron chi connectivity index (χ2n) is 5.64. The molecule has 1 aliphatic rings. The minimum absolute atomic E-state index is 0.344. The summed E-state index contributed by atoms with van der Waals surface area (Å²) in [5, 5.41) is 3.82. The number of halogens is 1. The summed E-state index contributed by atoms with van der Waals surface area (Å²) in [6, 6.07) is 20.1. The Morgan fingerprint density at radius 3 is 2.30 bits per heavy atom. The second-order valence-corrected chi connectivity index (χ2v) is 6.49. The first kappa shape index (κ1) is 13.8. The minimum Gasteiger partial charge on any atom is -0.303 e. The Balaban J connectivity index is 1.79. The Morgan fingerprint density at radius 2 is 1.65 bits per heavy atom. The summed E-state index contributed by atoms with van der Waals surface area (Å²) in [5.41, 5.74) is 2.74. The lowest BCUT2D eigenvalue weighted by Gasteiger charge is -2.24. The van der Waals surface area contributed by atoms with Gasteiger partial charge in [-0.2, -0.15) is 0 Å². The molecule has 0 aromatic heterocycles. The molecular formula is C18H20BrN. The van der Waals surface area contributed by atoms with Crippen molar-refractivity contribution < 1.29 is 0 Å². The third-order valence-corrected chi connectivity index (χ3v) is 4.78. The van der Waals surface area contributed by atoms with Crippen molar-refractivity contribution in [1.29, 1.82) is 0 Å². The van der Waals surface area contributed by atoms with Gasteiger partial charge in [0.15, 0.2) is 0 Å². The van der Waals surface area contributed by atoms with E-state index < -0.39 is 0 Å². The van der Waals surface area contributed by atoms with Crippen molar-refractivity contribution in [2.24, 2.45) is 5.92 Å². The lowest BCUT2D eigenvalue weighted by Crippen LogP contribution is -2.26. The van der Waals surface area contributed by atoms with Gasteiger partial charge in [0.2, 0.25) is 0 Å². The second kappa shape index (κ2) is 6.11. The van der Waals surface area contributed by atoms with E-state index in [1.54, 1.807) is 0 Å². The molecule has 2 atom stereocenters. The highest BCUT2D eigenvalue weighted by molar-refractivity contribution is 9.10. The average molecular weight is 330 g/mol. The standard InChI is InChI=1S/C18H20BrN/c1-13(16-9-5-6-10-17(16)19)20-18(15-11-12-15)14-7-3-2-4-8-14/h2-10,13,15,18,20H,11-12H2,1H3/t13-,18?/m0/s1. The van der Waals surface area contributed by atoms with Crippen molar-refractivity contribution in [3.8, 4) is 0 Å². The van der Waals surface area contributed by atoms with Crippen LogP contribution in [0.15, 0.2) is 59.1 Å². The van der Waals surface area contributed by atoms with Crippen molar-refractivity contribution in [2.45, 2.75) is 31.8 Å². The molecule has 0 saturated heterocycles. The molecular weight excluding hydrogens is 310 g/mol. The predicted molar refractivity (Wildman–Crippen MR) is 87.6 cm³/mol. The summed E-state index contributed by atoms with van der Waals surface area (Å²) in [6.45, 7) is 2.25. The molecule has 0 aliphatic heterocycles. The van der Waals surface area contributed by atoms with E-state index in [9.17, 15) is 0 Å². The molecule has 1 fully saturated rings. The molecule has 2 aromatic rings. The zero-order chi connectivity index (χ0) is 13.9. The molecule has 0 bridgehead atoms. The lowest BCUT2D eigenvalue weighted by molar-refractivity contribution is 0.427. The van der Waals surface area contributed by atoms with E-state index in [-0.39, 0.29) is 0 Å². The Labute approximate surface area is 129 Å². The third kappa shape index (κ3) is 3.13. The molecule has 0 heterocycles. The summed E-state index contributed by atoms with van der Waals surface area (Å²) < 4.78 is 1.18. The van der Waals surface area contributed by atoms with Gasteiger partial charge in [-0.05, 0) is 42.9 Å². The average Bonchev–Trinajstić information content (AvgIpc) is 3.30. The van der Waals surface area contributed by atoms with E-state index in [2.05, 4.69) is 82.8 Å². The normalized spacial score (nSPS) is 17.7. The maximum Gasteiger partial charge on any atom is 0.0353 e. The van der Waals surface area contributed by atoms with Crippen LogP contribution in [-0.4, -0.2) is 0 Å². The van der Waals surface area contributed by atoms with Crippen LogP contribution < -0.4 is 5.32 Å². The molecule has 0 radical (unpaired) electrons. The van der Waals surface area contributed by atoms with Crippen LogP contribution in [0.4, 0.5) is 0 Å². The number of benzene rings is 2. The maximum atomic E-state index is 3.82. The monoisotopic (exact) mass is 329 g/mol. The van der Waals surface area contributed by atoms with Crippen molar-refractivity contribution >= 4 is 15.9 Å². The van der Waals surface area contributed by atoms with Crippen LogP contribution in [0.3, 0.4) is 0 Å². The molecule has 3 rings (SSSR count). The Morgan fingerprint density at radius 1 is 1.00 bits per heavy atom. The fourth-order valence-corrected chi connectivity index (χ4v) is 3.41. The fraction of sp³-hybridized carbons (Fsp3) is 0.333. The smallest absolute Gasteiger partial charge is 0.0353 e. The van der Waals surface area contributed by atoms with Crippen LogP contribution >= 0.6 is 15.9 Å². The summed E-state index contributed by atoms with van der Waals surface area (Å²) in [4.78, 5) is 0. The molecule has 20 heavy (non-hydrogen) atoms. The third-order valence-electron chi connectivity index (χ3n) is 4.05. The van der Waals surface area contributed by atoms with Crippen molar-refractivity contribution in [1.82, 2.24) is 5.32 Å². The van der Waals surface area contributed by atoms with E-state index in [4.69, 9.17) is 0 Å². The first-order chi connectivity index (χ1) is 9.75. The molecule has 0 amide bonds. The topological polar surface area (TPSA) is 12.0 Å². The van der Waals surface area contributed by atoms with Gasteiger partial charge in [0.25, 0.3) is 0 Å². The molecule has 2 heteroatoms. The lowest BCUT2D eigenvalue weighted by atomic mass is 9.99. The van der Waals surface area contributed by atoms with Gasteiger partial charge in [-0.15, -0.1) is 0 Å². The van der Waals surface area contributed by atoms with Gasteiger partial charge in [-0.3, -0.25) is 0 Å². The SMILES string of the molecule is C[C@H](NC(c1ccccc1)C1CC1)c1ccccc1Br. The van der Waals surface area contributed by atoms with Gasteiger partial charge >= 0.3 is 0 Å². The molecule has 0 spiro atoms. The molecule has 1 nitrogen and oxygen atoms in total. The van der Waals surface area contributed by atoms with E-state index in [1.165, 1.54) is 28.4 Å². The summed E-state index contributed by atoms with van der Waals surface area (Å²) in [6.07, 6.45) is 2.69. The summed E-state index contributed by atoms with van der Waals surface area (Å²) in [7, 11) is 0. The van der Waals surface area contributed by atoms with E-state index in [1.807, 2.05) is 0 Å². The van der Waals surface area contributed by atoms with Crippen LogP contribution in [0.5, 0.6) is 0 Å². The molecule has 1 unspecified atom stereocenters. The predicted octanol–water partition coefficient (Wildman–Crippen LogP) is 5.25. The zero-order valence-corrected chi connectivity index (χ0v) is 13.3. The van der Waals surface area contributed by atoms with Crippen molar-refractivity contribution in [2.75, 3.05) is 0 Å². The molecule has 1 N–H and O–H groups in total. The maximum absolute atomic E-state index is 3.82.